The molecule has 1 N–H and O–H groups in total. The Morgan fingerprint density at radius 3 is 2.43 bits per heavy atom. The first-order chi connectivity index (χ1) is 13.5. The van der Waals surface area contributed by atoms with Gasteiger partial charge in [0, 0.05) is 65.2 Å². The fourth-order valence-electron chi connectivity index (χ4n) is 3.66. The SMILES string of the molecule is CCOC(=O)N1CCC(N(CCC(=O)NCCN2CCOCC2)C(C)=O)CC1. The maximum atomic E-state index is 12.1. The van der Waals surface area contributed by atoms with Gasteiger partial charge in [-0.2, -0.15) is 0 Å². The number of likely N-dealkylation sites (tertiary alicyclic amines) is 1. The molecule has 0 aromatic carbocycles. The third kappa shape index (κ3) is 7.27. The number of morpholine rings is 1. The van der Waals surface area contributed by atoms with E-state index in [0.29, 0.717) is 52.0 Å². The number of hydrogen-bond donors (Lipinski definition) is 1. The van der Waals surface area contributed by atoms with Crippen LogP contribution in [0.15, 0.2) is 0 Å². The number of nitrogens with one attached hydrogen (secondary N) is 1. The first-order valence-corrected chi connectivity index (χ1v) is 10.3. The predicted octanol–water partition coefficient (Wildman–Crippen LogP) is 0.294. The Hall–Kier alpha value is -1.87. The van der Waals surface area contributed by atoms with E-state index in [-0.39, 0.29) is 23.9 Å². The molecule has 0 atom stereocenters. The van der Waals surface area contributed by atoms with E-state index >= 15 is 0 Å². The van der Waals surface area contributed by atoms with Crippen molar-refractivity contribution in [3.63, 3.8) is 0 Å². The van der Waals surface area contributed by atoms with Gasteiger partial charge in [-0.1, -0.05) is 0 Å². The van der Waals surface area contributed by atoms with Gasteiger partial charge in [0.25, 0.3) is 0 Å². The maximum absolute atomic E-state index is 12.1. The minimum absolute atomic E-state index is 0.0318. The fourth-order valence-corrected chi connectivity index (χ4v) is 3.66. The summed E-state index contributed by atoms with van der Waals surface area (Å²) in [4.78, 5) is 41.7. The number of nitrogens with zero attached hydrogens (tertiary/aromatic N) is 3. The third-order valence-electron chi connectivity index (χ3n) is 5.27. The molecule has 2 fully saturated rings. The Labute approximate surface area is 167 Å². The van der Waals surface area contributed by atoms with Gasteiger partial charge in [-0.25, -0.2) is 4.79 Å². The van der Waals surface area contributed by atoms with Crippen LogP contribution in [0, 0.1) is 0 Å². The molecule has 2 saturated heterocycles. The van der Waals surface area contributed by atoms with Crippen molar-refractivity contribution in [3.8, 4) is 0 Å². The molecule has 2 aliphatic rings. The highest BCUT2D eigenvalue weighted by Gasteiger charge is 2.29. The zero-order valence-electron chi connectivity index (χ0n) is 17.2. The predicted molar refractivity (Wildman–Crippen MR) is 104 cm³/mol. The Balaban J connectivity index is 1.68. The van der Waals surface area contributed by atoms with Crippen LogP contribution in [0.3, 0.4) is 0 Å². The summed E-state index contributed by atoms with van der Waals surface area (Å²) >= 11 is 0. The van der Waals surface area contributed by atoms with Gasteiger partial charge in [0.1, 0.15) is 0 Å². The Morgan fingerprint density at radius 1 is 1.14 bits per heavy atom. The van der Waals surface area contributed by atoms with Crippen molar-refractivity contribution in [2.45, 2.75) is 39.2 Å². The number of carbonyl (C=O) groups is 3. The topological polar surface area (TPSA) is 91.4 Å². The third-order valence-corrected chi connectivity index (χ3v) is 5.27. The highest BCUT2D eigenvalue weighted by Crippen LogP contribution is 2.18. The molecule has 28 heavy (non-hydrogen) atoms. The Bertz CT molecular complexity index is 516. The molecule has 2 aliphatic heterocycles. The number of ether oxygens (including phenoxy) is 2. The van der Waals surface area contributed by atoms with Gasteiger partial charge in [0.05, 0.1) is 19.8 Å². The van der Waals surface area contributed by atoms with E-state index in [1.807, 2.05) is 0 Å². The van der Waals surface area contributed by atoms with E-state index in [4.69, 9.17) is 9.47 Å². The molecule has 160 valence electrons. The zero-order valence-corrected chi connectivity index (χ0v) is 17.2. The van der Waals surface area contributed by atoms with Crippen LogP contribution >= 0.6 is 0 Å². The molecule has 2 heterocycles. The highest BCUT2D eigenvalue weighted by molar-refractivity contribution is 5.78. The summed E-state index contributed by atoms with van der Waals surface area (Å²) in [7, 11) is 0. The number of carbonyl (C=O) groups excluding carboxylic acids is 3. The van der Waals surface area contributed by atoms with E-state index in [0.717, 1.165) is 32.8 Å². The van der Waals surface area contributed by atoms with Crippen LogP contribution in [0.1, 0.15) is 33.1 Å². The number of amides is 3. The second kappa shape index (κ2) is 11.9. The van der Waals surface area contributed by atoms with Crippen LogP contribution < -0.4 is 5.32 Å². The molecule has 0 aromatic rings. The largest absolute Gasteiger partial charge is 0.450 e. The summed E-state index contributed by atoms with van der Waals surface area (Å²) in [5, 5.41) is 2.93. The van der Waals surface area contributed by atoms with E-state index in [1.54, 1.807) is 16.7 Å². The Kier molecular flexibility index (Phi) is 9.49. The number of rotatable bonds is 8. The summed E-state index contributed by atoms with van der Waals surface area (Å²) in [5.74, 6) is -0.0702. The second-order valence-corrected chi connectivity index (χ2v) is 7.18. The quantitative estimate of drug-likeness (QED) is 0.632. The molecule has 0 radical (unpaired) electrons. The van der Waals surface area contributed by atoms with Gasteiger partial charge < -0.3 is 24.6 Å². The van der Waals surface area contributed by atoms with Crippen molar-refractivity contribution >= 4 is 17.9 Å². The summed E-state index contributed by atoms with van der Waals surface area (Å²) in [6.45, 7) is 9.95. The molecule has 0 aromatic heterocycles. The van der Waals surface area contributed by atoms with Gasteiger partial charge >= 0.3 is 6.09 Å². The first-order valence-electron chi connectivity index (χ1n) is 10.3. The lowest BCUT2D eigenvalue weighted by Gasteiger charge is -2.37. The molecule has 9 heteroatoms. The first kappa shape index (κ1) is 22.4. The minimum Gasteiger partial charge on any atom is -0.450 e. The van der Waals surface area contributed by atoms with Crippen LogP contribution in [0.5, 0.6) is 0 Å². The van der Waals surface area contributed by atoms with Crippen LogP contribution in [-0.2, 0) is 19.1 Å². The van der Waals surface area contributed by atoms with Crippen molar-refractivity contribution in [2.75, 3.05) is 65.6 Å². The Morgan fingerprint density at radius 2 is 1.82 bits per heavy atom. The van der Waals surface area contributed by atoms with Crippen molar-refractivity contribution in [1.82, 2.24) is 20.0 Å². The van der Waals surface area contributed by atoms with E-state index < -0.39 is 0 Å². The average Bonchev–Trinajstić information content (AvgIpc) is 2.69. The van der Waals surface area contributed by atoms with Crippen LogP contribution in [-0.4, -0.2) is 104 Å². The van der Waals surface area contributed by atoms with Crippen molar-refractivity contribution in [2.24, 2.45) is 0 Å². The van der Waals surface area contributed by atoms with Gasteiger partial charge in [-0.05, 0) is 19.8 Å². The lowest BCUT2D eigenvalue weighted by atomic mass is 10.0. The van der Waals surface area contributed by atoms with Crippen molar-refractivity contribution in [1.29, 1.82) is 0 Å². The maximum Gasteiger partial charge on any atom is 0.409 e. The van der Waals surface area contributed by atoms with Crippen LogP contribution in [0.2, 0.25) is 0 Å². The summed E-state index contributed by atoms with van der Waals surface area (Å²) in [5.41, 5.74) is 0. The number of piperidine rings is 1. The summed E-state index contributed by atoms with van der Waals surface area (Å²) < 4.78 is 10.3. The molecule has 0 unspecified atom stereocenters. The van der Waals surface area contributed by atoms with Gasteiger partial charge in [-0.3, -0.25) is 14.5 Å². The molecule has 0 bridgehead atoms. The molecule has 2 rings (SSSR count). The highest BCUT2D eigenvalue weighted by atomic mass is 16.6. The monoisotopic (exact) mass is 398 g/mol. The van der Waals surface area contributed by atoms with Crippen LogP contribution in [0.4, 0.5) is 4.79 Å². The lowest BCUT2D eigenvalue weighted by molar-refractivity contribution is -0.132. The van der Waals surface area contributed by atoms with Gasteiger partial charge in [-0.15, -0.1) is 0 Å². The van der Waals surface area contributed by atoms with Crippen LogP contribution in [0.25, 0.3) is 0 Å². The van der Waals surface area contributed by atoms with E-state index in [9.17, 15) is 14.4 Å². The van der Waals surface area contributed by atoms with E-state index in [2.05, 4.69) is 10.2 Å². The zero-order chi connectivity index (χ0) is 20.4. The summed E-state index contributed by atoms with van der Waals surface area (Å²) in [6, 6.07) is 0.0596. The molecule has 0 aliphatic carbocycles. The fraction of sp³-hybridized carbons (Fsp3) is 0.842. The molecule has 3 amide bonds. The molecule has 0 saturated carbocycles. The number of hydrogen-bond acceptors (Lipinski definition) is 6. The molecular weight excluding hydrogens is 364 g/mol. The summed E-state index contributed by atoms with van der Waals surface area (Å²) in [6.07, 6.45) is 1.41. The van der Waals surface area contributed by atoms with Crippen molar-refractivity contribution in [3.05, 3.63) is 0 Å². The second-order valence-electron chi connectivity index (χ2n) is 7.18. The normalized spacial score (nSPS) is 18.6. The minimum atomic E-state index is -0.296. The molecule has 0 spiro atoms. The lowest BCUT2D eigenvalue weighted by Crippen LogP contribution is -2.49. The van der Waals surface area contributed by atoms with Gasteiger partial charge in [0.2, 0.25) is 11.8 Å². The molecular formula is C19H34N4O5. The van der Waals surface area contributed by atoms with Gasteiger partial charge in [0.15, 0.2) is 0 Å². The van der Waals surface area contributed by atoms with Crippen molar-refractivity contribution < 1.29 is 23.9 Å². The average molecular weight is 399 g/mol. The standard InChI is InChI=1S/C19H34N4O5/c1-3-28-19(26)22-8-4-17(5-9-22)23(16(2)24)10-6-18(25)20-7-11-21-12-14-27-15-13-21/h17H,3-15H2,1-2H3,(H,20,25). The van der Waals surface area contributed by atoms with E-state index in [1.165, 1.54) is 6.92 Å². The molecule has 9 nitrogen and oxygen atoms in total. The smallest absolute Gasteiger partial charge is 0.409 e.